The maximum atomic E-state index is 13.2. The Morgan fingerprint density at radius 3 is 2.69 bits per heavy atom. The van der Waals surface area contributed by atoms with Crippen molar-refractivity contribution in [3.8, 4) is 5.75 Å². The first-order chi connectivity index (χ1) is 13.8. The number of nitrogens with one attached hydrogen (secondary N) is 2. The Hall–Kier alpha value is -2.78. The molecule has 3 rings (SSSR count). The molecule has 0 saturated carbocycles. The number of hydrogen-bond acceptors (Lipinski definition) is 3. The lowest BCUT2D eigenvalue weighted by Crippen LogP contribution is -2.20. The van der Waals surface area contributed by atoms with Crippen molar-refractivity contribution in [3.05, 3.63) is 70.6 Å². The molecule has 0 spiro atoms. The van der Waals surface area contributed by atoms with Gasteiger partial charge in [0.15, 0.2) is 10.9 Å². The van der Waals surface area contributed by atoms with Crippen molar-refractivity contribution in [2.75, 3.05) is 10.6 Å². The standard InChI is InChI=1S/C19H16ClF3N4OS/c1-11-8-17(26-27(11)10-12-6-7-13(21)9-14(12)20)25-19(29)24-15-4-2-3-5-16(15)28-18(22)23/h2-9,18H,10H2,1H3,(H2,24,25,26,29). The lowest BCUT2D eigenvalue weighted by molar-refractivity contribution is -0.0493. The number of ether oxygens (including phenoxy) is 1. The maximum absolute atomic E-state index is 13.2. The van der Waals surface area contributed by atoms with Crippen LogP contribution in [0.25, 0.3) is 0 Å². The van der Waals surface area contributed by atoms with Crippen LogP contribution in [0.5, 0.6) is 5.75 Å². The molecule has 152 valence electrons. The molecule has 3 aromatic rings. The van der Waals surface area contributed by atoms with Crippen molar-refractivity contribution in [1.29, 1.82) is 0 Å². The summed E-state index contributed by atoms with van der Waals surface area (Å²) in [6.07, 6.45) is 0. The molecule has 10 heteroatoms. The number of nitrogens with zero attached hydrogens (tertiary/aromatic N) is 2. The van der Waals surface area contributed by atoms with Gasteiger partial charge in [0.05, 0.1) is 12.2 Å². The second-order valence-electron chi connectivity index (χ2n) is 6.02. The molecule has 0 atom stereocenters. The van der Waals surface area contributed by atoms with Crippen LogP contribution in [0.2, 0.25) is 5.02 Å². The molecule has 5 nitrogen and oxygen atoms in total. The predicted molar refractivity (Wildman–Crippen MR) is 110 cm³/mol. The zero-order valence-corrected chi connectivity index (χ0v) is 16.7. The van der Waals surface area contributed by atoms with E-state index in [-0.39, 0.29) is 10.9 Å². The third kappa shape index (κ3) is 5.61. The Labute approximate surface area is 175 Å². The molecule has 0 fully saturated rings. The molecule has 0 radical (unpaired) electrons. The average molecular weight is 441 g/mol. The zero-order valence-electron chi connectivity index (χ0n) is 15.1. The van der Waals surface area contributed by atoms with E-state index in [0.29, 0.717) is 28.6 Å². The minimum atomic E-state index is -2.95. The smallest absolute Gasteiger partial charge is 0.387 e. The van der Waals surface area contributed by atoms with Gasteiger partial charge in [0.1, 0.15) is 11.6 Å². The molecule has 2 aromatic carbocycles. The number of benzene rings is 2. The van der Waals surface area contributed by atoms with Crippen LogP contribution in [-0.4, -0.2) is 21.5 Å². The highest BCUT2D eigenvalue weighted by molar-refractivity contribution is 7.80. The zero-order chi connectivity index (χ0) is 21.0. The molecular formula is C19H16ClF3N4OS. The van der Waals surface area contributed by atoms with E-state index >= 15 is 0 Å². The Bertz CT molecular complexity index is 1030. The first-order valence-electron chi connectivity index (χ1n) is 8.42. The number of halogens is 4. The van der Waals surface area contributed by atoms with E-state index in [9.17, 15) is 13.2 Å². The summed E-state index contributed by atoms with van der Waals surface area (Å²) >= 11 is 11.3. The third-order valence-corrected chi connectivity index (χ3v) is 4.47. The van der Waals surface area contributed by atoms with Crippen LogP contribution in [0.15, 0.2) is 48.5 Å². The summed E-state index contributed by atoms with van der Waals surface area (Å²) in [7, 11) is 0. The number of alkyl halides is 2. The number of rotatable bonds is 6. The highest BCUT2D eigenvalue weighted by Gasteiger charge is 2.12. The normalized spacial score (nSPS) is 10.8. The largest absolute Gasteiger partial charge is 0.433 e. The van der Waals surface area contributed by atoms with Gasteiger partial charge < -0.3 is 15.4 Å². The van der Waals surface area contributed by atoms with E-state index in [1.807, 2.05) is 6.92 Å². The van der Waals surface area contributed by atoms with Crippen LogP contribution in [0.4, 0.5) is 24.7 Å². The van der Waals surface area contributed by atoms with Crippen molar-refractivity contribution >= 4 is 40.4 Å². The van der Waals surface area contributed by atoms with Gasteiger partial charge in [-0.3, -0.25) is 4.68 Å². The number of aromatic nitrogens is 2. The summed E-state index contributed by atoms with van der Waals surface area (Å²) in [5, 5.41) is 10.6. The monoisotopic (exact) mass is 440 g/mol. The van der Waals surface area contributed by atoms with Crippen LogP contribution in [-0.2, 0) is 6.54 Å². The number of hydrogen-bond donors (Lipinski definition) is 2. The summed E-state index contributed by atoms with van der Waals surface area (Å²) in [4.78, 5) is 0. The number of anilines is 2. The van der Waals surface area contributed by atoms with Gasteiger partial charge in [-0.1, -0.05) is 29.8 Å². The highest BCUT2D eigenvalue weighted by atomic mass is 35.5. The molecule has 1 heterocycles. The fourth-order valence-electron chi connectivity index (χ4n) is 2.58. The molecule has 0 unspecified atom stereocenters. The fraction of sp³-hybridized carbons (Fsp3) is 0.158. The quantitative estimate of drug-likeness (QED) is 0.500. The van der Waals surface area contributed by atoms with Gasteiger partial charge in [-0.15, -0.1) is 0 Å². The SMILES string of the molecule is Cc1cc(NC(=S)Nc2ccccc2OC(F)F)nn1Cc1ccc(F)cc1Cl. The van der Waals surface area contributed by atoms with Crippen LogP contribution in [0.1, 0.15) is 11.3 Å². The Kier molecular flexibility index (Phi) is 6.60. The lowest BCUT2D eigenvalue weighted by atomic mass is 10.2. The Morgan fingerprint density at radius 2 is 1.97 bits per heavy atom. The Balaban J connectivity index is 1.68. The summed E-state index contributed by atoms with van der Waals surface area (Å²) in [5.74, 6) is 0.00984. The number of thiocarbonyl (C=S) groups is 1. The van der Waals surface area contributed by atoms with Crippen LogP contribution >= 0.6 is 23.8 Å². The van der Waals surface area contributed by atoms with Crippen molar-refractivity contribution in [2.24, 2.45) is 0 Å². The van der Waals surface area contributed by atoms with Gasteiger partial charge in [0.2, 0.25) is 0 Å². The van der Waals surface area contributed by atoms with Crippen molar-refractivity contribution in [3.63, 3.8) is 0 Å². The van der Waals surface area contributed by atoms with Crippen LogP contribution in [0, 0.1) is 12.7 Å². The molecule has 2 N–H and O–H groups in total. The summed E-state index contributed by atoms with van der Waals surface area (Å²) in [5.41, 5.74) is 1.82. The molecule has 0 aliphatic heterocycles. The maximum Gasteiger partial charge on any atom is 0.387 e. The van der Waals surface area contributed by atoms with E-state index in [1.165, 1.54) is 18.2 Å². The number of para-hydroxylation sites is 2. The summed E-state index contributed by atoms with van der Waals surface area (Å²) < 4.78 is 44.4. The molecule has 0 aliphatic carbocycles. The number of aryl methyl sites for hydroxylation is 1. The topological polar surface area (TPSA) is 51.1 Å². The van der Waals surface area contributed by atoms with Gasteiger partial charge in [0.25, 0.3) is 0 Å². The molecule has 29 heavy (non-hydrogen) atoms. The molecule has 1 aromatic heterocycles. The predicted octanol–water partition coefficient (Wildman–Crippen LogP) is 5.44. The van der Waals surface area contributed by atoms with Crippen molar-refractivity contribution < 1.29 is 17.9 Å². The average Bonchev–Trinajstić information content (AvgIpc) is 2.97. The molecular weight excluding hydrogens is 425 g/mol. The molecule has 0 aliphatic rings. The fourth-order valence-corrected chi connectivity index (χ4v) is 3.02. The van der Waals surface area contributed by atoms with Crippen LogP contribution in [0.3, 0.4) is 0 Å². The van der Waals surface area contributed by atoms with E-state index in [2.05, 4.69) is 20.5 Å². The van der Waals surface area contributed by atoms with E-state index in [1.54, 1.807) is 35.0 Å². The second kappa shape index (κ2) is 9.15. The van der Waals surface area contributed by atoms with Crippen molar-refractivity contribution in [2.45, 2.75) is 20.1 Å². The van der Waals surface area contributed by atoms with Gasteiger partial charge in [0, 0.05) is 16.8 Å². The molecule has 0 saturated heterocycles. The van der Waals surface area contributed by atoms with E-state index in [0.717, 1.165) is 5.69 Å². The van der Waals surface area contributed by atoms with Gasteiger partial charge >= 0.3 is 6.61 Å². The molecule has 0 bridgehead atoms. The van der Waals surface area contributed by atoms with Gasteiger partial charge in [-0.25, -0.2) is 4.39 Å². The van der Waals surface area contributed by atoms with E-state index in [4.69, 9.17) is 23.8 Å². The lowest BCUT2D eigenvalue weighted by Gasteiger charge is -2.13. The minimum absolute atomic E-state index is 0.0284. The van der Waals surface area contributed by atoms with Crippen molar-refractivity contribution in [1.82, 2.24) is 9.78 Å². The third-order valence-electron chi connectivity index (χ3n) is 3.91. The second-order valence-corrected chi connectivity index (χ2v) is 6.83. The van der Waals surface area contributed by atoms with Gasteiger partial charge in [-0.2, -0.15) is 13.9 Å². The van der Waals surface area contributed by atoms with Crippen LogP contribution < -0.4 is 15.4 Å². The van der Waals surface area contributed by atoms with Gasteiger partial charge in [-0.05, 0) is 49.0 Å². The Morgan fingerprint density at radius 1 is 1.21 bits per heavy atom. The summed E-state index contributed by atoms with van der Waals surface area (Å²) in [6, 6.07) is 12.1. The van der Waals surface area contributed by atoms with E-state index < -0.39 is 12.4 Å². The first-order valence-corrected chi connectivity index (χ1v) is 9.20. The highest BCUT2D eigenvalue weighted by Crippen LogP contribution is 2.26. The summed E-state index contributed by atoms with van der Waals surface area (Å²) in [6.45, 7) is -0.758. The first kappa shape index (κ1) is 20.9. The molecule has 0 amide bonds. The minimum Gasteiger partial charge on any atom is -0.433 e.